The number of aromatic nitrogens is 1. The van der Waals surface area contributed by atoms with Crippen molar-refractivity contribution < 1.29 is 29.0 Å². The molecule has 3 heterocycles. The number of thiazole rings is 1. The fourth-order valence-electron chi connectivity index (χ4n) is 3.65. The number of rotatable bonds is 7. The number of amides is 1. The van der Waals surface area contributed by atoms with Gasteiger partial charge in [0.1, 0.15) is 22.4 Å². The predicted molar refractivity (Wildman–Crippen MR) is 130 cm³/mol. The molecule has 1 atom stereocenters. The Balaban J connectivity index is 1.83. The summed E-state index contributed by atoms with van der Waals surface area (Å²) in [6.07, 6.45) is 0. The molecule has 3 aromatic rings. The third-order valence-corrected chi connectivity index (χ3v) is 7.21. The second kappa shape index (κ2) is 9.78. The van der Waals surface area contributed by atoms with E-state index < -0.39 is 23.7 Å². The molecule has 1 aromatic carbocycles. The van der Waals surface area contributed by atoms with Crippen LogP contribution in [0.1, 0.15) is 45.7 Å². The van der Waals surface area contributed by atoms with Crippen molar-refractivity contribution in [3.8, 4) is 5.75 Å². The number of aliphatic hydroxyl groups excluding tert-OH is 1. The molecule has 0 unspecified atom stereocenters. The molecule has 0 saturated carbocycles. The summed E-state index contributed by atoms with van der Waals surface area (Å²) in [7, 11) is 0. The molecule has 1 aliphatic rings. The average Bonchev–Trinajstić information content (AvgIpc) is 3.53. The Morgan fingerprint density at radius 1 is 1.15 bits per heavy atom. The van der Waals surface area contributed by atoms with Crippen LogP contribution in [-0.2, 0) is 14.3 Å². The summed E-state index contributed by atoms with van der Waals surface area (Å²) in [6, 6.07) is 9.33. The van der Waals surface area contributed by atoms with Gasteiger partial charge in [-0.3, -0.25) is 14.5 Å². The van der Waals surface area contributed by atoms with Crippen LogP contribution in [0.25, 0.3) is 5.76 Å². The number of benzene rings is 1. The molecule has 10 heteroatoms. The molecule has 34 heavy (non-hydrogen) atoms. The molecule has 1 saturated heterocycles. The maximum absolute atomic E-state index is 13.2. The number of carbonyl (C=O) groups excluding carboxylic acids is 3. The van der Waals surface area contributed by atoms with E-state index in [4.69, 9.17) is 9.47 Å². The molecule has 4 rings (SSSR count). The molecule has 1 aliphatic heterocycles. The van der Waals surface area contributed by atoms with E-state index in [-0.39, 0.29) is 27.9 Å². The van der Waals surface area contributed by atoms with Crippen LogP contribution in [0.2, 0.25) is 0 Å². The second-order valence-corrected chi connectivity index (χ2v) is 9.23. The van der Waals surface area contributed by atoms with Gasteiger partial charge in [0.2, 0.25) is 0 Å². The number of carbonyl (C=O) groups is 3. The van der Waals surface area contributed by atoms with Gasteiger partial charge in [-0.1, -0.05) is 17.4 Å². The van der Waals surface area contributed by atoms with Gasteiger partial charge in [-0.2, -0.15) is 0 Å². The highest BCUT2D eigenvalue weighted by molar-refractivity contribution is 7.18. The summed E-state index contributed by atoms with van der Waals surface area (Å²) in [6.45, 7) is 5.90. The lowest BCUT2D eigenvalue weighted by Crippen LogP contribution is -2.29. The first-order valence-corrected chi connectivity index (χ1v) is 12.3. The lowest BCUT2D eigenvalue weighted by molar-refractivity contribution is -0.132. The van der Waals surface area contributed by atoms with Gasteiger partial charge in [0.15, 0.2) is 5.13 Å². The van der Waals surface area contributed by atoms with E-state index in [0.717, 1.165) is 11.3 Å². The number of aliphatic hydroxyl groups is 1. The summed E-state index contributed by atoms with van der Waals surface area (Å²) in [5, 5.41) is 13.1. The van der Waals surface area contributed by atoms with Crippen LogP contribution in [-0.4, -0.2) is 41.0 Å². The number of aryl methyl sites for hydroxylation is 1. The van der Waals surface area contributed by atoms with E-state index in [2.05, 4.69) is 4.98 Å². The Labute approximate surface area is 204 Å². The van der Waals surface area contributed by atoms with Gasteiger partial charge in [-0.15, -0.1) is 11.3 Å². The zero-order valence-electron chi connectivity index (χ0n) is 18.7. The van der Waals surface area contributed by atoms with E-state index in [1.54, 1.807) is 50.2 Å². The maximum Gasteiger partial charge on any atom is 0.350 e. The second-order valence-electron chi connectivity index (χ2n) is 7.27. The van der Waals surface area contributed by atoms with Crippen molar-refractivity contribution in [3.63, 3.8) is 0 Å². The lowest BCUT2D eigenvalue weighted by atomic mass is 10.00. The standard InChI is InChI=1S/C24H22N2O6S2/c1-4-31-15-10-8-14(9-11-15)19(27)17-18(16-7-6-12-33-16)26(22(29)20(17)28)24-25-13(3)21(34-24)23(30)32-5-2/h6-12,18,27H,4-5H2,1-3H3/b19-17+/t18-/m0/s1. The highest BCUT2D eigenvalue weighted by Gasteiger charge is 2.48. The van der Waals surface area contributed by atoms with Gasteiger partial charge >= 0.3 is 11.9 Å². The first-order chi connectivity index (χ1) is 16.4. The topological polar surface area (TPSA) is 106 Å². The zero-order valence-corrected chi connectivity index (χ0v) is 20.4. The number of hydrogen-bond donors (Lipinski definition) is 1. The number of thiophene rings is 1. The van der Waals surface area contributed by atoms with Gasteiger partial charge < -0.3 is 14.6 Å². The van der Waals surface area contributed by atoms with E-state index in [1.807, 2.05) is 12.3 Å². The summed E-state index contributed by atoms with van der Waals surface area (Å²) in [5.41, 5.74) is 0.740. The van der Waals surface area contributed by atoms with E-state index >= 15 is 0 Å². The highest BCUT2D eigenvalue weighted by Crippen LogP contribution is 2.45. The van der Waals surface area contributed by atoms with Crippen molar-refractivity contribution in [2.24, 2.45) is 0 Å². The van der Waals surface area contributed by atoms with Crippen molar-refractivity contribution >= 4 is 51.2 Å². The summed E-state index contributed by atoms with van der Waals surface area (Å²) >= 11 is 2.33. The number of hydrogen-bond acceptors (Lipinski definition) is 9. The summed E-state index contributed by atoms with van der Waals surface area (Å²) < 4.78 is 10.5. The van der Waals surface area contributed by atoms with Crippen LogP contribution >= 0.6 is 22.7 Å². The van der Waals surface area contributed by atoms with Crippen LogP contribution < -0.4 is 9.64 Å². The van der Waals surface area contributed by atoms with Crippen molar-refractivity contribution in [2.75, 3.05) is 18.1 Å². The number of ether oxygens (including phenoxy) is 2. The van der Waals surface area contributed by atoms with Gasteiger partial charge in [0.05, 0.1) is 24.5 Å². The first kappa shape index (κ1) is 23.7. The Morgan fingerprint density at radius 3 is 2.50 bits per heavy atom. The van der Waals surface area contributed by atoms with Crippen LogP contribution in [0.3, 0.4) is 0 Å². The number of ketones is 1. The molecule has 0 aliphatic carbocycles. The van der Waals surface area contributed by atoms with Crippen LogP contribution in [0, 0.1) is 6.92 Å². The van der Waals surface area contributed by atoms with Crippen molar-refractivity contribution in [1.29, 1.82) is 0 Å². The van der Waals surface area contributed by atoms with E-state index in [9.17, 15) is 19.5 Å². The monoisotopic (exact) mass is 498 g/mol. The first-order valence-electron chi connectivity index (χ1n) is 10.6. The zero-order chi connectivity index (χ0) is 24.4. The fourth-order valence-corrected chi connectivity index (χ4v) is 5.46. The quantitative estimate of drug-likeness (QED) is 0.218. The summed E-state index contributed by atoms with van der Waals surface area (Å²) in [4.78, 5) is 45.2. The van der Waals surface area contributed by atoms with Crippen LogP contribution in [0.15, 0.2) is 47.4 Å². The average molecular weight is 499 g/mol. The Morgan fingerprint density at radius 2 is 1.88 bits per heavy atom. The fraction of sp³-hybridized carbons (Fsp3) is 0.250. The van der Waals surface area contributed by atoms with Gasteiger partial charge in [-0.05, 0) is 56.5 Å². The Hall–Kier alpha value is -3.50. The number of esters is 1. The molecule has 0 radical (unpaired) electrons. The molecule has 1 N–H and O–H groups in total. The number of nitrogens with zero attached hydrogens (tertiary/aromatic N) is 2. The smallest absolute Gasteiger partial charge is 0.350 e. The molecule has 1 fully saturated rings. The van der Waals surface area contributed by atoms with E-state index in [0.29, 0.717) is 28.5 Å². The SMILES string of the molecule is CCOC(=O)c1sc(N2C(=O)C(=O)/C(=C(/O)c3ccc(OCC)cc3)[C@@H]2c2cccs2)nc1C. The third-order valence-electron chi connectivity index (χ3n) is 5.15. The lowest BCUT2D eigenvalue weighted by Gasteiger charge is -2.21. The molecule has 1 amide bonds. The van der Waals surface area contributed by atoms with Crippen LogP contribution in [0.4, 0.5) is 5.13 Å². The van der Waals surface area contributed by atoms with Gasteiger partial charge in [-0.25, -0.2) is 9.78 Å². The number of Topliss-reactive ketones (excluding diaryl/α,β-unsaturated/α-hetero) is 1. The Bertz CT molecular complexity index is 1260. The molecule has 0 spiro atoms. The minimum Gasteiger partial charge on any atom is -0.507 e. The van der Waals surface area contributed by atoms with Crippen molar-refractivity contribution in [3.05, 3.63) is 68.4 Å². The van der Waals surface area contributed by atoms with Crippen LogP contribution in [0.5, 0.6) is 5.75 Å². The van der Waals surface area contributed by atoms with E-state index in [1.165, 1.54) is 16.2 Å². The molecular formula is C24H22N2O6S2. The third kappa shape index (κ3) is 4.22. The van der Waals surface area contributed by atoms with Crippen molar-refractivity contribution in [1.82, 2.24) is 4.98 Å². The largest absolute Gasteiger partial charge is 0.507 e. The van der Waals surface area contributed by atoms with Crippen molar-refractivity contribution in [2.45, 2.75) is 26.8 Å². The molecule has 2 aromatic heterocycles. The van der Waals surface area contributed by atoms with Gasteiger partial charge in [0.25, 0.3) is 5.78 Å². The maximum atomic E-state index is 13.2. The summed E-state index contributed by atoms with van der Waals surface area (Å²) in [5.74, 6) is -1.85. The molecule has 8 nitrogen and oxygen atoms in total. The normalized spacial score (nSPS) is 17.3. The molecular weight excluding hydrogens is 476 g/mol. The van der Waals surface area contributed by atoms with Gasteiger partial charge in [0, 0.05) is 10.4 Å². The number of anilines is 1. The Kier molecular flexibility index (Phi) is 6.80. The predicted octanol–water partition coefficient (Wildman–Crippen LogP) is 4.71. The minimum absolute atomic E-state index is 0.0397. The highest BCUT2D eigenvalue weighted by atomic mass is 32.1. The molecule has 176 valence electrons. The molecule has 0 bridgehead atoms. The minimum atomic E-state index is -0.882.